The molecule has 0 N–H and O–H groups in total. The van der Waals surface area contributed by atoms with Gasteiger partial charge in [0.2, 0.25) is 0 Å². The van der Waals surface area contributed by atoms with Crippen LogP contribution in [0.25, 0.3) is 0 Å². The minimum Gasteiger partial charge on any atom is -0.393 e. The molecule has 3 fully saturated rings. The summed E-state index contributed by atoms with van der Waals surface area (Å²) >= 11 is 0. The van der Waals surface area contributed by atoms with Crippen molar-refractivity contribution >= 4 is 11.9 Å². The van der Waals surface area contributed by atoms with E-state index < -0.39 is 0 Å². The molecular weight excluding hydrogens is 252 g/mol. The van der Waals surface area contributed by atoms with E-state index in [4.69, 9.17) is 4.74 Å². The number of hydrogen-bond acceptors (Lipinski definition) is 3. The SMILES string of the molecule is CC(C)=C1C2C3=C(C4CCC3C4)C1C1C(=O)OC(=O)C21. The van der Waals surface area contributed by atoms with Crippen LogP contribution in [-0.2, 0) is 14.3 Å². The molecule has 0 aromatic heterocycles. The number of carbonyl (C=O) groups excluding carboxylic acids is 2. The lowest BCUT2D eigenvalue weighted by Crippen LogP contribution is -2.29. The fourth-order valence-corrected chi connectivity index (χ4v) is 6.02. The standard InChI is InChI=1S/C17H18O3/c1-6(2)9-12-10-7-3-4-8(5-7)11(10)13(9)15-14(12)16(18)20-17(15)19/h7-8,12-15H,3-5H2,1-2H3. The van der Waals surface area contributed by atoms with Crippen molar-refractivity contribution in [3.05, 3.63) is 22.3 Å². The molecule has 2 saturated carbocycles. The van der Waals surface area contributed by atoms with Gasteiger partial charge >= 0.3 is 11.9 Å². The Morgan fingerprint density at radius 2 is 1.45 bits per heavy atom. The number of cyclic esters (lactones) is 2. The maximum Gasteiger partial charge on any atom is 0.318 e. The fourth-order valence-electron chi connectivity index (χ4n) is 6.02. The van der Waals surface area contributed by atoms with Crippen LogP contribution in [0.3, 0.4) is 0 Å². The highest BCUT2D eigenvalue weighted by molar-refractivity contribution is 6.00. The van der Waals surface area contributed by atoms with Gasteiger partial charge in [0.05, 0.1) is 11.8 Å². The molecule has 1 saturated heterocycles. The molecule has 5 aliphatic rings. The van der Waals surface area contributed by atoms with E-state index in [1.807, 2.05) is 0 Å². The number of fused-ring (bicyclic) bond motifs is 11. The van der Waals surface area contributed by atoms with Crippen LogP contribution >= 0.6 is 0 Å². The van der Waals surface area contributed by atoms with Gasteiger partial charge < -0.3 is 4.74 Å². The average Bonchev–Trinajstić information content (AvgIpc) is 3.13. The van der Waals surface area contributed by atoms with E-state index >= 15 is 0 Å². The lowest BCUT2D eigenvalue weighted by Gasteiger charge is -2.28. The number of carbonyl (C=O) groups is 2. The molecule has 0 aromatic rings. The van der Waals surface area contributed by atoms with Gasteiger partial charge in [-0.3, -0.25) is 9.59 Å². The van der Waals surface area contributed by atoms with E-state index in [1.165, 1.54) is 30.4 Å². The van der Waals surface area contributed by atoms with Gasteiger partial charge in [0.1, 0.15) is 0 Å². The van der Waals surface area contributed by atoms with Crippen molar-refractivity contribution in [2.75, 3.05) is 0 Å². The minimum atomic E-state index is -0.263. The van der Waals surface area contributed by atoms with Crippen molar-refractivity contribution in [1.82, 2.24) is 0 Å². The Bertz CT molecular complexity index is 589. The Labute approximate surface area is 118 Å². The third-order valence-electron chi connectivity index (χ3n) is 6.41. The summed E-state index contributed by atoms with van der Waals surface area (Å²) in [6, 6.07) is 0. The molecule has 6 unspecified atom stereocenters. The van der Waals surface area contributed by atoms with E-state index in [9.17, 15) is 9.59 Å². The van der Waals surface area contributed by atoms with Gasteiger partial charge in [-0.25, -0.2) is 0 Å². The molecule has 3 nitrogen and oxygen atoms in total. The number of rotatable bonds is 0. The first-order valence-corrected chi connectivity index (χ1v) is 7.76. The largest absolute Gasteiger partial charge is 0.393 e. The van der Waals surface area contributed by atoms with Crippen molar-refractivity contribution in [2.24, 2.45) is 35.5 Å². The number of ether oxygens (including phenoxy) is 1. The predicted octanol–water partition coefficient (Wildman–Crippen LogP) is 2.62. The first-order chi connectivity index (χ1) is 9.59. The van der Waals surface area contributed by atoms with Crippen molar-refractivity contribution < 1.29 is 14.3 Å². The predicted molar refractivity (Wildman–Crippen MR) is 71.3 cm³/mol. The van der Waals surface area contributed by atoms with Crippen molar-refractivity contribution in [2.45, 2.75) is 33.1 Å². The van der Waals surface area contributed by atoms with E-state index in [2.05, 4.69) is 13.8 Å². The number of allylic oxidation sites excluding steroid dienone is 4. The van der Waals surface area contributed by atoms with Gasteiger partial charge in [0.15, 0.2) is 0 Å². The second-order valence-corrected chi connectivity index (χ2v) is 7.32. The molecule has 0 spiro atoms. The smallest absolute Gasteiger partial charge is 0.318 e. The molecule has 0 amide bonds. The van der Waals surface area contributed by atoms with Gasteiger partial charge in [0.25, 0.3) is 0 Å². The van der Waals surface area contributed by atoms with Gasteiger partial charge in [0, 0.05) is 11.8 Å². The third kappa shape index (κ3) is 1.00. The van der Waals surface area contributed by atoms with Crippen LogP contribution in [0.15, 0.2) is 22.3 Å². The summed E-state index contributed by atoms with van der Waals surface area (Å²) in [5.41, 5.74) is 5.81. The van der Waals surface area contributed by atoms with E-state index in [1.54, 1.807) is 11.1 Å². The highest BCUT2D eigenvalue weighted by Gasteiger charge is 2.68. The van der Waals surface area contributed by atoms with Crippen LogP contribution in [0.4, 0.5) is 0 Å². The molecule has 20 heavy (non-hydrogen) atoms. The Morgan fingerprint density at radius 1 is 0.950 bits per heavy atom. The first-order valence-electron chi connectivity index (χ1n) is 7.76. The Morgan fingerprint density at radius 3 is 1.90 bits per heavy atom. The zero-order valence-electron chi connectivity index (χ0n) is 11.8. The van der Waals surface area contributed by atoms with Gasteiger partial charge in [-0.05, 0) is 44.9 Å². The first kappa shape index (κ1) is 11.3. The highest BCUT2D eigenvalue weighted by Crippen LogP contribution is 2.70. The molecule has 4 aliphatic carbocycles. The summed E-state index contributed by atoms with van der Waals surface area (Å²) in [4.78, 5) is 24.3. The van der Waals surface area contributed by atoms with Crippen molar-refractivity contribution in [3.8, 4) is 0 Å². The van der Waals surface area contributed by atoms with E-state index in [0.29, 0.717) is 11.8 Å². The van der Waals surface area contributed by atoms with Crippen LogP contribution in [0.1, 0.15) is 33.1 Å². The summed E-state index contributed by atoms with van der Waals surface area (Å²) in [6.45, 7) is 4.27. The Balaban J connectivity index is 1.76. The van der Waals surface area contributed by atoms with Crippen LogP contribution in [0.2, 0.25) is 0 Å². The zero-order valence-corrected chi connectivity index (χ0v) is 11.8. The summed E-state index contributed by atoms with van der Waals surface area (Å²) in [7, 11) is 0. The molecule has 1 heterocycles. The number of esters is 2. The molecule has 104 valence electrons. The summed E-state index contributed by atoms with van der Waals surface area (Å²) < 4.78 is 4.97. The average molecular weight is 270 g/mol. The molecule has 4 bridgehead atoms. The van der Waals surface area contributed by atoms with Crippen molar-refractivity contribution in [3.63, 3.8) is 0 Å². The van der Waals surface area contributed by atoms with Gasteiger partial charge in [-0.1, -0.05) is 22.3 Å². The third-order valence-corrected chi connectivity index (χ3v) is 6.41. The molecular formula is C17H18O3. The van der Waals surface area contributed by atoms with Crippen LogP contribution < -0.4 is 0 Å². The molecule has 0 radical (unpaired) electrons. The monoisotopic (exact) mass is 270 g/mol. The molecule has 3 heteroatoms. The van der Waals surface area contributed by atoms with Crippen LogP contribution in [0.5, 0.6) is 0 Å². The maximum absolute atomic E-state index is 12.1. The van der Waals surface area contributed by atoms with Crippen molar-refractivity contribution in [1.29, 1.82) is 0 Å². The highest BCUT2D eigenvalue weighted by atomic mass is 16.6. The molecule has 6 atom stereocenters. The van der Waals surface area contributed by atoms with Crippen LogP contribution in [-0.4, -0.2) is 11.9 Å². The lowest BCUT2D eigenvalue weighted by molar-refractivity contribution is -0.154. The molecule has 0 aromatic carbocycles. The zero-order chi connectivity index (χ0) is 13.8. The topological polar surface area (TPSA) is 43.4 Å². The quantitative estimate of drug-likeness (QED) is 0.294. The lowest BCUT2D eigenvalue weighted by atomic mass is 9.72. The molecule has 1 aliphatic heterocycles. The Hall–Kier alpha value is -1.38. The summed E-state index contributed by atoms with van der Waals surface area (Å²) in [5.74, 6) is 0.859. The van der Waals surface area contributed by atoms with E-state index in [-0.39, 0.29) is 35.6 Å². The van der Waals surface area contributed by atoms with Gasteiger partial charge in [-0.15, -0.1) is 0 Å². The normalized spacial score (nSPS) is 47.2. The van der Waals surface area contributed by atoms with E-state index in [0.717, 1.165) is 0 Å². The maximum atomic E-state index is 12.1. The Kier molecular flexibility index (Phi) is 1.84. The van der Waals surface area contributed by atoms with Crippen LogP contribution in [0, 0.1) is 35.5 Å². The fraction of sp³-hybridized carbons (Fsp3) is 0.647. The summed E-state index contributed by atoms with van der Waals surface area (Å²) in [5, 5.41) is 0. The summed E-state index contributed by atoms with van der Waals surface area (Å²) in [6.07, 6.45) is 3.84. The molecule has 5 rings (SSSR count). The second kappa shape index (κ2) is 3.26. The minimum absolute atomic E-state index is 0.199. The van der Waals surface area contributed by atoms with Gasteiger partial charge in [-0.2, -0.15) is 0 Å². The second-order valence-electron chi connectivity index (χ2n) is 7.32. The number of hydrogen-bond donors (Lipinski definition) is 0.